The summed E-state index contributed by atoms with van der Waals surface area (Å²) in [5.74, 6) is 0.647. The molecule has 0 saturated carbocycles. The quantitative estimate of drug-likeness (QED) is 0.519. The van der Waals surface area contributed by atoms with Crippen molar-refractivity contribution >= 4 is 16.7 Å². The zero-order valence-corrected chi connectivity index (χ0v) is 17.6. The van der Waals surface area contributed by atoms with Crippen molar-refractivity contribution in [3.63, 3.8) is 0 Å². The minimum atomic E-state index is -0.297. The molecule has 2 aromatic heterocycles. The highest BCUT2D eigenvalue weighted by Crippen LogP contribution is 2.41. The first-order valence-electron chi connectivity index (χ1n) is 10.4. The van der Waals surface area contributed by atoms with Gasteiger partial charge in [-0.2, -0.15) is 10.5 Å². The van der Waals surface area contributed by atoms with Crippen LogP contribution in [-0.4, -0.2) is 33.6 Å². The lowest BCUT2D eigenvalue weighted by Gasteiger charge is -2.26. The van der Waals surface area contributed by atoms with Crippen molar-refractivity contribution in [3.05, 3.63) is 66.0 Å². The van der Waals surface area contributed by atoms with Crippen molar-refractivity contribution in [2.24, 2.45) is 5.73 Å². The average molecular weight is 419 g/mol. The number of fused-ring (bicyclic) bond motifs is 1. The van der Waals surface area contributed by atoms with Crippen LogP contribution in [0.4, 0.5) is 5.69 Å². The number of nitriles is 2. The van der Waals surface area contributed by atoms with Gasteiger partial charge in [-0.05, 0) is 43.2 Å². The van der Waals surface area contributed by atoms with E-state index in [1.807, 2.05) is 36.5 Å². The Morgan fingerprint density at radius 3 is 2.66 bits per heavy atom. The number of hydrogen-bond acceptors (Lipinski definition) is 6. The van der Waals surface area contributed by atoms with E-state index in [0.29, 0.717) is 29.0 Å². The van der Waals surface area contributed by atoms with Gasteiger partial charge in [0.2, 0.25) is 0 Å². The van der Waals surface area contributed by atoms with E-state index in [2.05, 4.69) is 33.9 Å². The fourth-order valence-electron chi connectivity index (χ4n) is 4.36. The smallest absolute Gasteiger partial charge is 0.142 e. The molecule has 1 atom stereocenters. The molecular weight excluding hydrogens is 398 g/mol. The highest BCUT2D eigenvalue weighted by Gasteiger charge is 2.33. The molecule has 5 rings (SSSR count). The Kier molecular flexibility index (Phi) is 4.62. The molecule has 2 aromatic carbocycles. The highest BCUT2D eigenvalue weighted by molar-refractivity contribution is 5.92. The summed E-state index contributed by atoms with van der Waals surface area (Å²) >= 11 is 0. The number of anilines is 1. The minimum absolute atomic E-state index is 0.297. The van der Waals surface area contributed by atoms with E-state index in [1.165, 1.54) is 0 Å². The van der Waals surface area contributed by atoms with E-state index >= 15 is 0 Å². The molecule has 156 valence electrons. The maximum absolute atomic E-state index is 9.48. The monoisotopic (exact) mass is 419 g/mol. The molecule has 7 nitrogen and oxygen atoms in total. The Balaban J connectivity index is 1.75. The number of nitrogens with two attached hydrogens (primary N) is 1. The highest BCUT2D eigenvalue weighted by atomic mass is 15.2. The third-order valence-corrected chi connectivity index (χ3v) is 5.94. The molecule has 7 heteroatoms. The summed E-state index contributed by atoms with van der Waals surface area (Å²) in [7, 11) is 0. The predicted octanol–water partition coefficient (Wildman–Crippen LogP) is 3.96. The van der Waals surface area contributed by atoms with Gasteiger partial charge in [0.25, 0.3) is 0 Å². The van der Waals surface area contributed by atoms with Crippen LogP contribution in [0.25, 0.3) is 33.5 Å². The van der Waals surface area contributed by atoms with E-state index < -0.39 is 0 Å². The molecule has 0 radical (unpaired) electrons. The summed E-state index contributed by atoms with van der Waals surface area (Å²) in [6.45, 7) is 3.56. The van der Waals surface area contributed by atoms with Crippen LogP contribution in [0.1, 0.15) is 24.5 Å². The number of nitrogens with one attached hydrogen (secondary N) is 1. The van der Waals surface area contributed by atoms with Gasteiger partial charge in [-0.25, -0.2) is 4.98 Å². The normalized spacial score (nSPS) is 17.9. The molecular formula is C25H21N7. The van der Waals surface area contributed by atoms with Gasteiger partial charge >= 0.3 is 0 Å². The molecule has 1 fully saturated rings. The summed E-state index contributed by atoms with van der Waals surface area (Å²) in [6.07, 6.45) is 4.49. The van der Waals surface area contributed by atoms with Crippen LogP contribution < -0.4 is 10.6 Å². The second-order valence-electron chi connectivity index (χ2n) is 8.50. The summed E-state index contributed by atoms with van der Waals surface area (Å²) in [6, 6.07) is 17.4. The number of imidazole rings is 1. The van der Waals surface area contributed by atoms with Crippen molar-refractivity contribution in [3.8, 4) is 34.7 Å². The van der Waals surface area contributed by atoms with Crippen LogP contribution >= 0.6 is 0 Å². The third kappa shape index (κ3) is 3.35. The summed E-state index contributed by atoms with van der Waals surface area (Å²) in [5, 5.41) is 18.9. The SMILES string of the molecule is C[C@]1(N)CCN(c2c(-c3cccc(C#N)c3)cncc2-c2nc3cccc(C#N)c3[nH]2)C1. The zero-order valence-electron chi connectivity index (χ0n) is 17.6. The molecule has 1 aliphatic rings. The maximum Gasteiger partial charge on any atom is 0.142 e. The lowest BCUT2D eigenvalue weighted by Crippen LogP contribution is -2.39. The summed E-state index contributed by atoms with van der Waals surface area (Å²) < 4.78 is 0. The summed E-state index contributed by atoms with van der Waals surface area (Å²) in [5.41, 5.74) is 12.4. The van der Waals surface area contributed by atoms with Gasteiger partial charge in [0.15, 0.2) is 0 Å². The number of pyridine rings is 1. The first kappa shape index (κ1) is 19.7. The maximum atomic E-state index is 9.48. The number of aromatic amines is 1. The van der Waals surface area contributed by atoms with E-state index in [0.717, 1.165) is 40.9 Å². The second kappa shape index (κ2) is 7.49. The number of para-hydroxylation sites is 1. The Bertz CT molecular complexity index is 1420. The van der Waals surface area contributed by atoms with Crippen LogP contribution in [0.15, 0.2) is 54.9 Å². The Labute approximate surface area is 185 Å². The molecule has 0 amide bonds. The van der Waals surface area contributed by atoms with Gasteiger partial charge in [0.1, 0.15) is 11.9 Å². The first-order valence-corrected chi connectivity index (χ1v) is 10.4. The van der Waals surface area contributed by atoms with Crippen LogP contribution in [0, 0.1) is 22.7 Å². The number of rotatable bonds is 3. The second-order valence-corrected chi connectivity index (χ2v) is 8.50. The van der Waals surface area contributed by atoms with Gasteiger partial charge < -0.3 is 15.6 Å². The number of aromatic nitrogens is 3. The van der Waals surface area contributed by atoms with Gasteiger partial charge in [0.05, 0.1) is 39.5 Å². The molecule has 0 bridgehead atoms. The van der Waals surface area contributed by atoms with E-state index in [9.17, 15) is 10.5 Å². The third-order valence-electron chi connectivity index (χ3n) is 5.94. The molecule has 0 unspecified atom stereocenters. The van der Waals surface area contributed by atoms with Gasteiger partial charge in [-0.3, -0.25) is 4.98 Å². The average Bonchev–Trinajstić information content (AvgIpc) is 3.41. The fraction of sp³-hybridized carbons (Fsp3) is 0.200. The number of benzene rings is 2. The van der Waals surface area contributed by atoms with Crippen LogP contribution in [0.2, 0.25) is 0 Å². The standard InChI is InChI=1S/C25H21N7/c1-25(28)8-9-32(15-25)23-19(17-5-2-4-16(10-17)11-26)13-29-14-20(23)24-30-21-7-3-6-18(12-27)22(21)31-24/h2-7,10,13-14H,8-9,15,28H2,1H3,(H,30,31)/t25-/m0/s1. The Morgan fingerprint density at radius 1 is 1.09 bits per heavy atom. The number of H-pyrrole nitrogens is 1. The van der Waals surface area contributed by atoms with Crippen LogP contribution in [-0.2, 0) is 0 Å². The topological polar surface area (TPSA) is 118 Å². The van der Waals surface area contributed by atoms with Crippen molar-refractivity contribution in [2.75, 3.05) is 18.0 Å². The molecule has 32 heavy (non-hydrogen) atoms. The molecule has 3 N–H and O–H groups in total. The van der Waals surface area contributed by atoms with Crippen LogP contribution in [0.3, 0.4) is 0 Å². The summed E-state index contributed by atoms with van der Waals surface area (Å²) in [4.78, 5) is 14.9. The number of hydrogen-bond donors (Lipinski definition) is 2. The molecule has 0 aliphatic carbocycles. The van der Waals surface area contributed by atoms with Crippen molar-refractivity contribution in [2.45, 2.75) is 18.9 Å². The van der Waals surface area contributed by atoms with E-state index in [1.54, 1.807) is 18.3 Å². The van der Waals surface area contributed by atoms with E-state index in [-0.39, 0.29) is 5.54 Å². The largest absolute Gasteiger partial charge is 0.368 e. The first-order chi connectivity index (χ1) is 15.5. The van der Waals surface area contributed by atoms with Crippen LogP contribution in [0.5, 0.6) is 0 Å². The molecule has 3 heterocycles. The minimum Gasteiger partial charge on any atom is -0.368 e. The zero-order chi connectivity index (χ0) is 22.3. The van der Waals surface area contributed by atoms with Gasteiger partial charge in [0, 0.05) is 36.6 Å². The van der Waals surface area contributed by atoms with E-state index in [4.69, 9.17) is 10.7 Å². The lowest BCUT2D eigenvalue weighted by molar-refractivity contribution is 0.525. The molecule has 1 saturated heterocycles. The van der Waals surface area contributed by atoms with Gasteiger partial charge in [-0.1, -0.05) is 18.2 Å². The predicted molar refractivity (Wildman–Crippen MR) is 124 cm³/mol. The Hall–Kier alpha value is -4.20. The molecule has 1 aliphatic heterocycles. The van der Waals surface area contributed by atoms with Crippen molar-refractivity contribution < 1.29 is 0 Å². The Morgan fingerprint density at radius 2 is 1.91 bits per heavy atom. The lowest BCUT2D eigenvalue weighted by atomic mass is 9.99. The molecule has 0 spiro atoms. The van der Waals surface area contributed by atoms with Gasteiger partial charge in [-0.15, -0.1) is 0 Å². The van der Waals surface area contributed by atoms with Crippen molar-refractivity contribution in [1.29, 1.82) is 10.5 Å². The van der Waals surface area contributed by atoms with Crippen molar-refractivity contribution in [1.82, 2.24) is 15.0 Å². The number of nitrogens with zero attached hydrogens (tertiary/aromatic N) is 5. The molecule has 4 aromatic rings. The fourth-order valence-corrected chi connectivity index (χ4v) is 4.36.